The van der Waals surface area contributed by atoms with E-state index in [1.54, 1.807) is 0 Å². The molecule has 104 valence electrons. The van der Waals surface area contributed by atoms with Crippen molar-refractivity contribution in [1.29, 1.82) is 0 Å². The van der Waals surface area contributed by atoms with Gasteiger partial charge in [-0.1, -0.05) is 12.1 Å². The number of fused-ring (bicyclic) bond motifs is 1. The second-order valence-electron chi connectivity index (χ2n) is 4.33. The lowest BCUT2D eigenvalue weighted by molar-refractivity contribution is -0.384. The number of imidazole rings is 1. The van der Waals surface area contributed by atoms with E-state index in [2.05, 4.69) is 15.0 Å². The van der Waals surface area contributed by atoms with E-state index < -0.39 is 4.92 Å². The summed E-state index contributed by atoms with van der Waals surface area (Å²) in [6.45, 7) is 0. The number of para-hydroxylation sites is 2. The van der Waals surface area contributed by atoms with Crippen LogP contribution in [-0.2, 0) is 0 Å². The van der Waals surface area contributed by atoms with Crippen LogP contribution in [0.1, 0.15) is 5.82 Å². The first-order valence-electron chi connectivity index (χ1n) is 6.10. The van der Waals surface area contributed by atoms with E-state index >= 15 is 0 Å². The van der Waals surface area contributed by atoms with Gasteiger partial charge in [-0.15, -0.1) is 0 Å². The predicted molar refractivity (Wildman–Crippen MR) is 78.1 cm³/mol. The lowest BCUT2D eigenvalue weighted by atomic mass is 10.2. The van der Waals surface area contributed by atoms with E-state index in [4.69, 9.17) is 0 Å². The molecule has 7 nitrogen and oxygen atoms in total. The van der Waals surface area contributed by atoms with Gasteiger partial charge < -0.3 is 10.1 Å². The number of H-pyrrole nitrogens is 1. The Hall–Kier alpha value is -3.22. The van der Waals surface area contributed by atoms with Gasteiger partial charge in [-0.25, -0.2) is 9.98 Å². The Morgan fingerprint density at radius 2 is 2.10 bits per heavy atom. The van der Waals surface area contributed by atoms with Crippen molar-refractivity contribution in [3.8, 4) is 5.75 Å². The number of aromatic amines is 1. The van der Waals surface area contributed by atoms with Crippen molar-refractivity contribution in [3.63, 3.8) is 0 Å². The molecule has 0 unspecified atom stereocenters. The Bertz CT molecular complexity index is 821. The SMILES string of the molecule is O=[N+]([O-])c1ccc(O)c(N=Cc2nc3ccccc3[nH]2)c1. The third-order valence-corrected chi connectivity index (χ3v) is 2.90. The minimum Gasteiger partial charge on any atom is -0.506 e. The van der Waals surface area contributed by atoms with Crippen molar-refractivity contribution in [3.05, 3.63) is 58.4 Å². The number of nitrogens with zero attached hydrogens (tertiary/aromatic N) is 3. The zero-order valence-corrected chi connectivity index (χ0v) is 10.7. The van der Waals surface area contributed by atoms with E-state index in [0.29, 0.717) is 5.82 Å². The van der Waals surface area contributed by atoms with Crippen molar-refractivity contribution in [2.75, 3.05) is 0 Å². The number of hydrogen-bond acceptors (Lipinski definition) is 5. The second-order valence-corrected chi connectivity index (χ2v) is 4.33. The van der Waals surface area contributed by atoms with Gasteiger partial charge in [-0.05, 0) is 18.2 Å². The van der Waals surface area contributed by atoms with Crippen LogP contribution in [0.25, 0.3) is 11.0 Å². The van der Waals surface area contributed by atoms with Gasteiger partial charge in [0.15, 0.2) is 0 Å². The average molecular weight is 282 g/mol. The van der Waals surface area contributed by atoms with Crippen LogP contribution in [0.5, 0.6) is 5.75 Å². The summed E-state index contributed by atoms with van der Waals surface area (Å²) in [7, 11) is 0. The normalized spacial score (nSPS) is 11.2. The number of aromatic nitrogens is 2. The monoisotopic (exact) mass is 282 g/mol. The molecule has 0 spiro atoms. The first-order chi connectivity index (χ1) is 10.1. The maximum Gasteiger partial charge on any atom is 0.271 e. The smallest absolute Gasteiger partial charge is 0.271 e. The molecule has 0 aliphatic heterocycles. The number of rotatable bonds is 3. The highest BCUT2D eigenvalue weighted by atomic mass is 16.6. The number of aliphatic imine (C=N–C) groups is 1. The van der Waals surface area contributed by atoms with Crippen molar-refractivity contribution >= 4 is 28.6 Å². The number of phenols is 1. The van der Waals surface area contributed by atoms with Crippen LogP contribution in [0.15, 0.2) is 47.5 Å². The number of non-ortho nitro benzene ring substituents is 1. The van der Waals surface area contributed by atoms with Crippen molar-refractivity contribution < 1.29 is 10.0 Å². The highest BCUT2D eigenvalue weighted by Crippen LogP contribution is 2.30. The van der Waals surface area contributed by atoms with Crippen LogP contribution in [-0.4, -0.2) is 26.2 Å². The minimum atomic E-state index is -0.542. The molecule has 2 aromatic carbocycles. The number of nitrogens with one attached hydrogen (secondary N) is 1. The standard InChI is InChI=1S/C14H10N4O3/c19-13-6-5-9(18(20)21)7-12(13)15-8-14-16-10-3-1-2-4-11(10)17-14/h1-8,19H,(H,16,17). The summed E-state index contributed by atoms with van der Waals surface area (Å²) in [6.07, 6.45) is 1.42. The van der Waals surface area contributed by atoms with Crippen molar-refractivity contribution in [2.24, 2.45) is 4.99 Å². The summed E-state index contributed by atoms with van der Waals surface area (Å²) in [5.41, 5.74) is 1.64. The third-order valence-electron chi connectivity index (χ3n) is 2.90. The number of nitro benzene ring substituents is 1. The molecule has 0 atom stereocenters. The molecule has 0 radical (unpaired) electrons. The quantitative estimate of drug-likeness (QED) is 0.437. The first-order valence-corrected chi connectivity index (χ1v) is 6.10. The van der Waals surface area contributed by atoms with Crippen LogP contribution in [0.2, 0.25) is 0 Å². The molecule has 3 aromatic rings. The number of nitro groups is 1. The molecule has 1 aromatic heterocycles. The summed E-state index contributed by atoms with van der Waals surface area (Å²) in [4.78, 5) is 21.6. The Labute approximate surface area is 118 Å². The van der Waals surface area contributed by atoms with E-state index in [0.717, 1.165) is 11.0 Å². The van der Waals surface area contributed by atoms with Crippen molar-refractivity contribution in [2.45, 2.75) is 0 Å². The molecule has 1 heterocycles. The molecule has 0 amide bonds. The summed E-state index contributed by atoms with van der Waals surface area (Å²) in [5.74, 6) is 0.370. The molecule has 0 saturated carbocycles. The fraction of sp³-hybridized carbons (Fsp3) is 0. The molecule has 2 N–H and O–H groups in total. The van der Waals surface area contributed by atoms with Gasteiger partial charge in [0.05, 0.1) is 22.2 Å². The summed E-state index contributed by atoms with van der Waals surface area (Å²) in [6, 6.07) is 11.1. The van der Waals surface area contributed by atoms with Gasteiger partial charge in [-0.3, -0.25) is 10.1 Å². The van der Waals surface area contributed by atoms with E-state index in [1.807, 2.05) is 24.3 Å². The summed E-state index contributed by atoms with van der Waals surface area (Å²) in [5, 5.41) is 20.4. The van der Waals surface area contributed by atoms with Gasteiger partial charge in [0.25, 0.3) is 5.69 Å². The maximum absolute atomic E-state index is 10.7. The molecule has 0 aliphatic rings. The molecule has 0 fully saturated rings. The Morgan fingerprint density at radius 3 is 2.86 bits per heavy atom. The number of hydrogen-bond donors (Lipinski definition) is 2. The van der Waals surface area contributed by atoms with Crippen molar-refractivity contribution in [1.82, 2.24) is 9.97 Å². The average Bonchev–Trinajstić information content (AvgIpc) is 2.89. The molecule has 0 saturated heterocycles. The van der Waals surface area contributed by atoms with Crippen LogP contribution in [0, 0.1) is 10.1 Å². The van der Waals surface area contributed by atoms with Crippen LogP contribution in [0.4, 0.5) is 11.4 Å². The van der Waals surface area contributed by atoms with Crippen LogP contribution >= 0.6 is 0 Å². The Balaban J connectivity index is 1.95. The largest absolute Gasteiger partial charge is 0.506 e. The lowest BCUT2D eigenvalue weighted by Gasteiger charge is -1.97. The maximum atomic E-state index is 10.7. The molecular weight excluding hydrogens is 272 g/mol. The minimum absolute atomic E-state index is 0.115. The molecule has 3 rings (SSSR count). The zero-order chi connectivity index (χ0) is 14.8. The van der Waals surface area contributed by atoms with Gasteiger partial charge in [0.1, 0.15) is 17.3 Å². The first kappa shape index (κ1) is 12.8. The Morgan fingerprint density at radius 1 is 1.29 bits per heavy atom. The number of phenolic OH excluding ortho intramolecular Hbond substituents is 1. The molecule has 21 heavy (non-hydrogen) atoms. The highest BCUT2D eigenvalue weighted by molar-refractivity contribution is 5.85. The number of benzene rings is 2. The van der Waals surface area contributed by atoms with E-state index in [9.17, 15) is 15.2 Å². The van der Waals surface area contributed by atoms with Gasteiger partial charge in [0, 0.05) is 12.1 Å². The van der Waals surface area contributed by atoms with Crippen LogP contribution in [0.3, 0.4) is 0 Å². The molecule has 7 heteroatoms. The fourth-order valence-electron chi connectivity index (χ4n) is 1.89. The molecular formula is C14H10N4O3. The predicted octanol–water partition coefficient (Wildman–Crippen LogP) is 2.93. The van der Waals surface area contributed by atoms with Gasteiger partial charge >= 0.3 is 0 Å². The van der Waals surface area contributed by atoms with Gasteiger partial charge in [-0.2, -0.15) is 0 Å². The third kappa shape index (κ3) is 2.57. The summed E-state index contributed by atoms with van der Waals surface area (Å²) < 4.78 is 0. The topological polar surface area (TPSA) is 104 Å². The van der Waals surface area contributed by atoms with Crippen LogP contribution < -0.4 is 0 Å². The van der Waals surface area contributed by atoms with E-state index in [1.165, 1.54) is 24.4 Å². The zero-order valence-electron chi connectivity index (χ0n) is 10.7. The Kier molecular flexibility index (Phi) is 3.07. The summed E-state index contributed by atoms with van der Waals surface area (Å²) >= 11 is 0. The molecule has 0 bridgehead atoms. The van der Waals surface area contributed by atoms with Gasteiger partial charge in [0.2, 0.25) is 0 Å². The lowest BCUT2D eigenvalue weighted by Crippen LogP contribution is -1.87. The molecule has 0 aliphatic carbocycles. The highest BCUT2D eigenvalue weighted by Gasteiger charge is 2.09. The van der Waals surface area contributed by atoms with E-state index in [-0.39, 0.29) is 17.1 Å². The fourth-order valence-corrected chi connectivity index (χ4v) is 1.89. The number of aromatic hydroxyl groups is 1. The second kappa shape index (κ2) is 5.04.